The van der Waals surface area contributed by atoms with Crippen molar-refractivity contribution in [3.63, 3.8) is 0 Å². The predicted octanol–water partition coefficient (Wildman–Crippen LogP) is 4.12. The lowest BCUT2D eigenvalue weighted by molar-refractivity contribution is 0.102. The SMILES string of the molecule is CCc1ccc(C(=O)Nc2ccc(C)cc2C)cc1. The second-order valence-corrected chi connectivity index (χ2v) is 4.82. The quantitative estimate of drug-likeness (QED) is 0.876. The highest BCUT2D eigenvalue weighted by molar-refractivity contribution is 6.04. The van der Waals surface area contributed by atoms with Gasteiger partial charge in [0.2, 0.25) is 0 Å². The van der Waals surface area contributed by atoms with Crippen LogP contribution in [-0.4, -0.2) is 5.91 Å². The zero-order valence-electron chi connectivity index (χ0n) is 11.7. The van der Waals surface area contributed by atoms with Gasteiger partial charge in [0.25, 0.3) is 5.91 Å². The Balaban J connectivity index is 2.15. The number of aryl methyl sites for hydroxylation is 3. The molecule has 0 bridgehead atoms. The van der Waals surface area contributed by atoms with Crippen molar-refractivity contribution in [1.29, 1.82) is 0 Å². The molecule has 0 unspecified atom stereocenters. The van der Waals surface area contributed by atoms with Gasteiger partial charge in [0.05, 0.1) is 0 Å². The van der Waals surface area contributed by atoms with E-state index < -0.39 is 0 Å². The summed E-state index contributed by atoms with van der Waals surface area (Å²) in [6.45, 7) is 6.15. The minimum Gasteiger partial charge on any atom is -0.322 e. The Labute approximate surface area is 114 Å². The van der Waals surface area contributed by atoms with Gasteiger partial charge in [-0.3, -0.25) is 4.79 Å². The third-order valence-corrected chi connectivity index (χ3v) is 3.25. The number of hydrogen-bond donors (Lipinski definition) is 1. The maximum atomic E-state index is 12.1. The summed E-state index contributed by atoms with van der Waals surface area (Å²) in [5.41, 5.74) is 5.08. The molecular weight excluding hydrogens is 234 g/mol. The van der Waals surface area contributed by atoms with Crippen LogP contribution < -0.4 is 5.32 Å². The Morgan fingerprint density at radius 1 is 1.05 bits per heavy atom. The Morgan fingerprint density at radius 2 is 1.74 bits per heavy atom. The molecule has 0 heterocycles. The molecule has 0 saturated heterocycles. The normalized spacial score (nSPS) is 10.3. The van der Waals surface area contributed by atoms with E-state index >= 15 is 0 Å². The molecule has 2 aromatic carbocycles. The molecule has 2 aromatic rings. The van der Waals surface area contributed by atoms with Crippen LogP contribution in [0.1, 0.15) is 34.0 Å². The third-order valence-electron chi connectivity index (χ3n) is 3.25. The molecule has 2 rings (SSSR count). The summed E-state index contributed by atoms with van der Waals surface area (Å²) in [5, 5.41) is 2.95. The molecule has 1 N–H and O–H groups in total. The lowest BCUT2D eigenvalue weighted by Gasteiger charge is -2.09. The van der Waals surface area contributed by atoms with E-state index in [1.807, 2.05) is 50.2 Å². The number of anilines is 1. The van der Waals surface area contributed by atoms with Gasteiger partial charge in [-0.2, -0.15) is 0 Å². The van der Waals surface area contributed by atoms with E-state index in [-0.39, 0.29) is 5.91 Å². The predicted molar refractivity (Wildman–Crippen MR) is 79.7 cm³/mol. The maximum Gasteiger partial charge on any atom is 0.255 e. The summed E-state index contributed by atoms with van der Waals surface area (Å²) in [6, 6.07) is 13.8. The molecule has 0 aromatic heterocycles. The first-order valence-corrected chi connectivity index (χ1v) is 6.57. The molecule has 0 fully saturated rings. The first-order valence-electron chi connectivity index (χ1n) is 6.57. The van der Waals surface area contributed by atoms with E-state index in [1.165, 1.54) is 11.1 Å². The molecule has 0 saturated carbocycles. The summed E-state index contributed by atoms with van der Waals surface area (Å²) >= 11 is 0. The van der Waals surface area contributed by atoms with Crippen LogP contribution in [-0.2, 0) is 6.42 Å². The number of rotatable bonds is 3. The lowest BCUT2D eigenvalue weighted by Crippen LogP contribution is -2.12. The molecule has 0 aliphatic heterocycles. The van der Waals surface area contributed by atoms with Crippen LogP contribution >= 0.6 is 0 Å². The van der Waals surface area contributed by atoms with Crippen LogP contribution in [0.5, 0.6) is 0 Å². The topological polar surface area (TPSA) is 29.1 Å². The Hall–Kier alpha value is -2.09. The molecule has 0 radical (unpaired) electrons. The number of nitrogens with one attached hydrogen (secondary N) is 1. The summed E-state index contributed by atoms with van der Waals surface area (Å²) in [6.07, 6.45) is 0.985. The number of amides is 1. The van der Waals surface area contributed by atoms with Crippen molar-refractivity contribution in [3.8, 4) is 0 Å². The number of benzene rings is 2. The second-order valence-electron chi connectivity index (χ2n) is 4.82. The average Bonchev–Trinajstić information content (AvgIpc) is 2.42. The molecule has 0 aliphatic rings. The molecule has 19 heavy (non-hydrogen) atoms. The van der Waals surface area contributed by atoms with Gasteiger partial charge >= 0.3 is 0 Å². The molecule has 1 amide bonds. The third kappa shape index (κ3) is 3.22. The first-order chi connectivity index (χ1) is 9.10. The van der Waals surface area contributed by atoms with Crippen LogP contribution in [0.15, 0.2) is 42.5 Å². The number of carbonyl (C=O) groups excluding carboxylic acids is 1. The highest BCUT2D eigenvalue weighted by atomic mass is 16.1. The van der Waals surface area contributed by atoms with Gasteiger partial charge in [-0.15, -0.1) is 0 Å². The van der Waals surface area contributed by atoms with Gasteiger partial charge in [0.1, 0.15) is 0 Å². The van der Waals surface area contributed by atoms with Gasteiger partial charge in [0, 0.05) is 11.3 Å². The van der Waals surface area contributed by atoms with E-state index in [0.717, 1.165) is 17.7 Å². The molecule has 0 aliphatic carbocycles. The van der Waals surface area contributed by atoms with Gasteiger partial charge in [0.15, 0.2) is 0 Å². The van der Waals surface area contributed by atoms with Crippen molar-refractivity contribution in [2.75, 3.05) is 5.32 Å². The molecule has 98 valence electrons. The zero-order valence-corrected chi connectivity index (χ0v) is 11.7. The smallest absolute Gasteiger partial charge is 0.255 e. The molecular formula is C17H19NO. The zero-order chi connectivity index (χ0) is 13.8. The number of hydrogen-bond acceptors (Lipinski definition) is 1. The molecule has 2 nitrogen and oxygen atoms in total. The van der Waals surface area contributed by atoms with E-state index in [4.69, 9.17) is 0 Å². The number of carbonyl (C=O) groups is 1. The highest BCUT2D eigenvalue weighted by Gasteiger charge is 2.07. The molecule has 0 spiro atoms. The highest BCUT2D eigenvalue weighted by Crippen LogP contribution is 2.17. The van der Waals surface area contributed by atoms with E-state index in [9.17, 15) is 4.79 Å². The van der Waals surface area contributed by atoms with Crippen LogP contribution in [0.25, 0.3) is 0 Å². The van der Waals surface area contributed by atoms with Gasteiger partial charge in [-0.05, 0) is 49.6 Å². The van der Waals surface area contributed by atoms with Gasteiger partial charge in [-0.1, -0.05) is 36.8 Å². The van der Waals surface area contributed by atoms with Crippen molar-refractivity contribution in [1.82, 2.24) is 0 Å². The Morgan fingerprint density at radius 3 is 2.32 bits per heavy atom. The van der Waals surface area contributed by atoms with Crippen LogP contribution in [0, 0.1) is 13.8 Å². The summed E-state index contributed by atoms with van der Waals surface area (Å²) in [5.74, 6) is -0.0605. The minimum atomic E-state index is -0.0605. The minimum absolute atomic E-state index is 0.0605. The monoisotopic (exact) mass is 253 g/mol. The molecule has 0 atom stereocenters. The second kappa shape index (κ2) is 5.70. The molecule has 2 heteroatoms. The average molecular weight is 253 g/mol. The van der Waals surface area contributed by atoms with Gasteiger partial charge in [-0.25, -0.2) is 0 Å². The van der Waals surface area contributed by atoms with Crippen LogP contribution in [0.4, 0.5) is 5.69 Å². The van der Waals surface area contributed by atoms with Crippen LogP contribution in [0.3, 0.4) is 0 Å². The summed E-state index contributed by atoms with van der Waals surface area (Å²) in [4.78, 5) is 12.1. The van der Waals surface area contributed by atoms with E-state index in [1.54, 1.807) is 0 Å². The van der Waals surface area contributed by atoms with Crippen molar-refractivity contribution in [3.05, 3.63) is 64.7 Å². The summed E-state index contributed by atoms with van der Waals surface area (Å²) < 4.78 is 0. The first kappa shape index (κ1) is 13.3. The lowest BCUT2D eigenvalue weighted by atomic mass is 10.1. The van der Waals surface area contributed by atoms with Crippen molar-refractivity contribution < 1.29 is 4.79 Å². The Bertz CT molecular complexity index is 585. The van der Waals surface area contributed by atoms with Crippen molar-refractivity contribution in [2.24, 2.45) is 0 Å². The fourth-order valence-electron chi connectivity index (χ4n) is 2.04. The summed E-state index contributed by atoms with van der Waals surface area (Å²) in [7, 11) is 0. The van der Waals surface area contributed by atoms with Crippen molar-refractivity contribution in [2.45, 2.75) is 27.2 Å². The standard InChI is InChI=1S/C17H19NO/c1-4-14-6-8-15(9-7-14)17(19)18-16-10-5-12(2)11-13(16)3/h5-11H,4H2,1-3H3,(H,18,19). The maximum absolute atomic E-state index is 12.1. The van der Waals surface area contributed by atoms with E-state index in [2.05, 4.69) is 18.3 Å². The van der Waals surface area contributed by atoms with Gasteiger partial charge < -0.3 is 5.32 Å². The Kier molecular flexibility index (Phi) is 4.00. The van der Waals surface area contributed by atoms with E-state index in [0.29, 0.717) is 5.56 Å². The van der Waals surface area contributed by atoms with Crippen molar-refractivity contribution >= 4 is 11.6 Å². The largest absolute Gasteiger partial charge is 0.322 e. The fraction of sp³-hybridized carbons (Fsp3) is 0.235. The fourth-order valence-corrected chi connectivity index (χ4v) is 2.04. The van der Waals surface area contributed by atoms with Crippen LogP contribution in [0.2, 0.25) is 0 Å².